The Bertz CT molecular complexity index is 1180. The number of ether oxygens (including phenoxy) is 2. The molecule has 0 aliphatic carbocycles. The number of thiazole rings is 1. The van der Waals surface area contributed by atoms with Gasteiger partial charge >= 0.3 is 0 Å². The molecule has 0 unspecified atom stereocenters. The molecule has 2 aromatic heterocycles. The maximum atomic E-state index is 10.9. The van der Waals surface area contributed by atoms with Gasteiger partial charge in [-0.2, -0.15) is 9.61 Å². The van der Waals surface area contributed by atoms with Gasteiger partial charge in [0, 0.05) is 31.9 Å². The molecule has 0 saturated carbocycles. The second-order valence-corrected chi connectivity index (χ2v) is 8.65. The SMILES string of the molecule is COc1ccc([C@@H](c2sc3ncnn3c2O)N2CCN(c3ccc(OC)cc3)CC2)cc1. The molecule has 0 radical (unpaired) electrons. The van der Waals surface area contributed by atoms with Crippen LogP contribution in [0.25, 0.3) is 4.96 Å². The first kappa shape index (κ1) is 20.6. The minimum atomic E-state index is -0.0903. The summed E-state index contributed by atoms with van der Waals surface area (Å²) in [6.45, 7) is 3.49. The van der Waals surface area contributed by atoms with E-state index >= 15 is 0 Å². The minimum Gasteiger partial charge on any atom is -0.497 e. The van der Waals surface area contributed by atoms with Crippen molar-refractivity contribution in [1.29, 1.82) is 0 Å². The lowest BCUT2D eigenvalue weighted by molar-refractivity contribution is 0.211. The van der Waals surface area contributed by atoms with E-state index < -0.39 is 0 Å². The van der Waals surface area contributed by atoms with Crippen LogP contribution in [0.5, 0.6) is 17.4 Å². The van der Waals surface area contributed by atoms with E-state index in [1.807, 2.05) is 24.3 Å². The molecule has 0 spiro atoms. The molecule has 1 atom stereocenters. The number of hydrogen-bond acceptors (Lipinski definition) is 8. The summed E-state index contributed by atoms with van der Waals surface area (Å²) in [5.41, 5.74) is 2.29. The van der Waals surface area contributed by atoms with E-state index in [1.54, 1.807) is 14.2 Å². The molecular weight excluding hydrogens is 426 g/mol. The molecule has 0 amide bonds. The normalized spacial score (nSPS) is 15.8. The van der Waals surface area contributed by atoms with E-state index in [0.29, 0.717) is 4.96 Å². The monoisotopic (exact) mass is 451 g/mol. The van der Waals surface area contributed by atoms with Crippen LogP contribution in [0.3, 0.4) is 0 Å². The number of methoxy groups -OCH3 is 2. The zero-order chi connectivity index (χ0) is 22.1. The number of piperazine rings is 1. The number of aromatic hydroxyl groups is 1. The van der Waals surface area contributed by atoms with Gasteiger partial charge in [-0.1, -0.05) is 23.5 Å². The number of aromatic nitrogens is 3. The largest absolute Gasteiger partial charge is 0.497 e. The maximum Gasteiger partial charge on any atom is 0.230 e. The zero-order valence-corrected chi connectivity index (χ0v) is 18.8. The van der Waals surface area contributed by atoms with Crippen molar-refractivity contribution in [3.8, 4) is 17.4 Å². The van der Waals surface area contributed by atoms with Gasteiger partial charge in [0.2, 0.25) is 10.8 Å². The highest BCUT2D eigenvalue weighted by molar-refractivity contribution is 7.17. The van der Waals surface area contributed by atoms with Crippen LogP contribution < -0.4 is 14.4 Å². The molecule has 1 saturated heterocycles. The average molecular weight is 452 g/mol. The Morgan fingerprint density at radius 2 is 1.53 bits per heavy atom. The molecule has 1 N–H and O–H groups in total. The fourth-order valence-electron chi connectivity index (χ4n) is 4.22. The van der Waals surface area contributed by atoms with Gasteiger partial charge in [0.15, 0.2) is 0 Å². The molecule has 8 nitrogen and oxygen atoms in total. The first-order chi connectivity index (χ1) is 15.7. The third-order valence-corrected chi connectivity index (χ3v) is 7.02. The summed E-state index contributed by atoms with van der Waals surface area (Å²) in [5.74, 6) is 1.82. The van der Waals surface area contributed by atoms with Crippen LogP contribution in [-0.4, -0.2) is 65.0 Å². The molecule has 1 aliphatic heterocycles. The molecule has 32 heavy (non-hydrogen) atoms. The van der Waals surface area contributed by atoms with Gasteiger partial charge < -0.3 is 19.5 Å². The van der Waals surface area contributed by atoms with Crippen LogP contribution in [0.2, 0.25) is 0 Å². The van der Waals surface area contributed by atoms with E-state index in [0.717, 1.165) is 48.1 Å². The highest BCUT2D eigenvalue weighted by Crippen LogP contribution is 2.40. The summed E-state index contributed by atoms with van der Waals surface area (Å²) in [6, 6.07) is 16.1. The number of rotatable bonds is 6. The van der Waals surface area contributed by atoms with Crippen molar-refractivity contribution in [1.82, 2.24) is 19.5 Å². The lowest BCUT2D eigenvalue weighted by Crippen LogP contribution is -2.47. The Balaban J connectivity index is 1.43. The van der Waals surface area contributed by atoms with E-state index in [1.165, 1.54) is 27.9 Å². The van der Waals surface area contributed by atoms with Crippen molar-refractivity contribution in [2.75, 3.05) is 45.3 Å². The minimum absolute atomic E-state index is 0.0903. The van der Waals surface area contributed by atoms with Gasteiger partial charge in [-0.25, -0.2) is 4.98 Å². The van der Waals surface area contributed by atoms with Gasteiger partial charge in [0.1, 0.15) is 17.8 Å². The number of benzene rings is 2. The summed E-state index contributed by atoms with van der Waals surface area (Å²) in [6.07, 6.45) is 1.46. The number of anilines is 1. The van der Waals surface area contributed by atoms with Crippen molar-refractivity contribution < 1.29 is 14.6 Å². The van der Waals surface area contributed by atoms with Gasteiger partial charge in [-0.3, -0.25) is 4.90 Å². The first-order valence-electron chi connectivity index (χ1n) is 10.5. The molecule has 4 aromatic rings. The fraction of sp³-hybridized carbons (Fsp3) is 0.304. The Labute approximate surface area is 190 Å². The van der Waals surface area contributed by atoms with Gasteiger partial charge in [-0.15, -0.1) is 0 Å². The van der Waals surface area contributed by atoms with Crippen LogP contribution >= 0.6 is 11.3 Å². The predicted molar refractivity (Wildman–Crippen MR) is 124 cm³/mol. The molecule has 9 heteroatoms. The van der Waals surface area contributed by atoms with E-state index in [9.17, 15) is 5.11 Å². The highest BCUT2D eigenvalue weighted by Gasteiger charge is 2.31. The highest BCUT2D eigenvalue weighted by atomic mass is 32.1. The quantitative estimate of drug-likeness (QED) is 0.481. The van der Waals surface area contributed by atoms with Crippen LogP contribution in [0, 0.1) is 0 Å². The Morgan fingerprint density at radius 1 is 0.906 bits per heavy atom. The molecule has 3 heterocycles. The Hall–Kier alpha value is -3.30. The van der Waals surface area contributed by atoms with Crippen LogP contribution in [0.4, 0.5) is 5.69 Å². The maximum absolute atomic E-state index is 10.9. The Kier molecular flexibility index (Phi) is 5.59. The molecule has 1 fully saturated rings. The van der Waals surface area contributed by atoms with Crippen molar-refractivity contribution >= 4 is 22.0 Å². The smallest absolute Gasteiger partial charge is 0.230 e. The third-order valence-electron chi connectivity index (χ3n) is 5.94. The zero-order valence-electron chi connectivity index (χ0n) is 18.0. The first-order valence-corrected chi connectivity index (χ1v) is 11.3. The standard InChI is InChI=1S/C23H25N5O3S/c1-30-18-7-3-16(4-8-18)20(21-22(29)28-23(32-21)24-15-25-28)27-13-11-26(12-14-27)17-5-9-19(31-2)10-6-17/h3-10,15,20,29H,11-14H2,1-2H3/t20-/m0/s1. The van der Waals surface area contributed by atoms with Crippen molar-refractivity contribution in [3.05, 3.63) is 65.3 Å². The second-order valence-electron chi connectivity index (χ2n) is 7.64. The summed E-state index contributed by atoms with van der Waals surface area (Å²) in [5, 5.41) is 15.1. The van der Waals surface area contributed by atoms with Gasteiger partial charge in [0.05, 0.1) is 25.1 Å². The molecule has 0 bridgehead atoms. The fourth-order valence-corrected chi connectivity index (χ4v) is 5.31. The van der Waals surface area contributed by atoms with Crippen molar-refractivity contribution in [3.63, 3.8) is 0 Å². The van der Waals surface area contributed by atoms with Crippen LogP contribution in [0.15, 0.2) is 54.9 Å². The van der Waals surface area contributed by atoms with E-state index in [2.05, 4.69) is 44.1 Å². The van der Waals surface area contributed by atoms with E-state index in [4.69, 9.17) is 9.47 Å². The average Bonchev–Trinajstić information content (AvgIpc) is 3.43. The second kappa shape index (κ2) is 8.68. The van der Waals surface area contributed by atoms with Gasteiger partial charge in [0.25, 0.3) is 0 Å². The summed E-state index contributed by atoms with van der Waals surface area (Å²) < 4.78 is 12.1. The van der Waals surface area contributed by atoms with Crippen LogP contribution in [-0.2, 0) is 0 Å². The summed E-state index contributed by atoms with van der Waals surface area (Å²) in [4.78, 5) is 10.6. The lowest BCUT2D eigenvalue weighted by Gasteiger charge is -2.40. The Morgan fingerprint density at radius 3 is 2.12 bits per heavy atom. The van der Waals surface area contributed by atoms with Crippen LogP contribution in [0.1, 0.15) is 16.5 Å². The molecule has 2 aromatic carbocycles. The molecule has 1 aliphatic rings. The molecule has 5 rings (SSSR count). The lowest BCUT2D eigenvalue weighted by atomic mass is 10.0. The predicted octanol–water partition coefficient (Wildman–Crippen LogP) is 3.43. The summed E-state index contributed by atoms with van der Waals surface area (Å²) in [7, 11) is 3.34. The molecule has 166 valence electrons. The topological polar surface area (TPSA) is 75.4 Å². The van der Waals surface area contributed by atoms with Gasteiger partial charge in [-0.05, 0) is 42.0 Å². The molecular formula is C23H25N5O3S. The summed E-state index contributed by atoms with van der Waals surface area (Å²) >= 11 is 1.48. The van der Waals surface area contributed by atoms with Crippen molar-refractivity contribution in [2.45, 2.75) is 6.04 Å². The van der Waals surface area contributed by atoms with E-state index in [-0.39, 0.29) is 11.9 Å². The number of hydrogen-bond donors (Lipinski definition) is 1. The van der Waals surface area contributed by atoms with Crippen molar-refractivity contribution in [2.24, 2.45) is 0 Å². The number of fused-ring (bicyclic) bond motifs is 1. The third kappa shape index (κ3) is 3.74. The number of nitrogens with zero attached hydrogens (tertiary/aromatic N) is 5.